The molecule has 0 unspecified atom stereocenters. The second-order valence-electron chi connectivity index (χ2n) is 6.46. The summed E-state index contributed by atoms with van der Waals surface area (Å²) in [6.45, 7) is 2.02. The van der Waals surface area contributed by atoms with E-state index in [0.29, 0.717) is 24.6 Å². The zero-order chi connectivity index (χ0) is 20.7. The number of sulfone groups is 1. The standard InChI is InChI=1S/C20H21N3O5S/c1-15-6-8-17(9-7-15)29(25,26)13-10-19(24)27-12-3-5-18-22-20(23-28-18)16-4-2-11-21-14-16/h2,4,6-9,11,14H,3,5,10,12-13H2,1H3. The third kappa shape index (κ3) is 5.95. The minimum Gasteiger partial charge on any atom is -0.466 e. The minimum atomic E-state index is -3.51. The molecule has 0 aliphatic heterocycles. The van der Waals surface area contributed by atoms with Crippen LogP contribution in [0.2, 0.25) is 0 Å². The van der Waals surface area contributed by atoms with Crippen molar-refractivity contribution in [2.45, 2.75) is 31.1 Å². The summed E-state index contributed by atoms with van der Waals surface area (Å²) in [5.74, 6) is 0.0445. The fraction of sp³-hybridized carbons (Fsp3) is 0.300. The van der Waals surface area contributed by atoms with Gasteiger partial charge in [0, 0.05) is 24.4 Å². The molecule has 2 aromatic heterocycles. The van der Waals surface area contributed by atoms with Crippen molar-refractivity contribution in [2.75, 3.05) is 12.4 Å². The van der Waals surface area contributed by atoms with Crippen molar-refractivity contribution in [1.29, 1.82) is 0 Å². The summed E-state index contributed by atoms with van der Waals surface area (Å²) in [6.07, 6.45) is 4.04. The summed E-state index contributed by atoms with van der Waals surface area (Å²) >= 11 is 0. The third-order valence-electron chi connectivity index (χ3n) is 4.14. The van der Waals surface area contributed by atoms with Gasteiger partial charge in [-0.15, -0.1) is 0 Å². The number of aryl methyl sites for hydroxylation is 2. The second-order valence-corrected chi connectivity index (χ2v) is 8.57. The molecular formula is C20H21N3O5S. The van der Waals surface area contributed by atoms with Crippen molar-refractivity contribution in [3.8, 4) is 11.4 Å². The molecule has 2 heterocycles. The van der Waals surface area contributed by atoms with Gasteiger partial charge in [0.2, 0.25) is 11.7 Å². The fourth-order valence-electron chi connectivity index (χ4n) is 2.53. The van der Waals surface area contributed by atoms with E-state index in [1.807, 2.05) is 13.0 Å². The predicted octanol–water partition coefficient (Wildman–Crippen LogP) is 2.78. The zero-order valence-corrected chi connectivity index (χ0v) is 16.8. The molecule has 0 aliphatic carbocycles. The smallest absolute Gasteiger partial charge is 0.306 e. The number of carbonyl (C=O) groups excluding carboxylic acids is 1. The predicted molar refractivity (Wildman–Crippen MR) is 105 cm³/mol. The number of benzene rings is 1. The highest BCUT2D eigenvalue weighted by Crippen LogP contribution is 2.15. The summed E-state index contributed by atoms with van der Waals surface area (Å²) in [7, 11) is -3.51. The molecule has 0 aliphatic rings. The van der Waals surface area contributed by atoms with E-state index in [4.69, 9.17) is 9.26 Å². The van der Waals surface area contributed by atoms with Crippen LogP contribution in [0.15, 0.2) is 58.2 Å². The maximum atomic E-state index is 12.2. The van der Waals surface area contributed by atoms with Gasteiger partial charge in [-0.1, -0.05) is 22.9 Å². The van der Waals surface area contributed by atoms with Crippen LogP contribution < -0.4 is 0 Å². The number of ether oxygens (including phenoxy) is 1. The van der Waals surface area contributed by atoms with E-state index < -0.39 is 15.8 Å². The van der Waals surface area contributed by atoms with Crippen LogP contribution in [0.25, 0.3) is 11.4 Å². The van der Waals surface area contributed by atoms with Crippen LogP contribution >= 0.6 is 0 Å². The number of rotatable bonds is 9. The molecule has 3 rings (SSSR count). The maximum Gasteiger partial charge on any atom is 0.306 e. The topological polar surface area (TPSA) is 112 Å². The van der Waals surface area contributed by atoms with Crippen molar-refractivity contribution in [3.05, 3.63) is 60.2 Å². The van der Waals surface area contributed by atoms with Gasteiger partial charge in [0.15, 0.2) is 9.84 Å². The molecular weight excluding hydrogens is 394 g/mol. The molecule has 8 nitrogen and oxygen atoms in total. The number of esters is 1. The summed E-state index contributed by atoms with van der Waals surface area (Å²) in [6, 6.07) is 10.1. The molecule has 0 N–H and O–H groups in total. The molecule has 3 aromatic rings. The number of hydrogen-bond acceptors (Lipinski definition) is 8. The van der Waals surface area contributed by atoms with E-state index in [0.717, 1.165) is 11.1 Å². The highest BCUT2D eigenvalue weighted by atomic mass is 32.2. The molecule has 0 atom stereocenters. The Kier molecular flexibility index (Phi) is 6.71. The maximum absolute atomic E-state index is 12.2. The van der Waals surface area contributed by atoms with Gasteiger partial charge >= 0.3 is 5.97 Å². The van der Waals surface area contributed by atoms with Gasteiger partial charge < -0.3 is 9.26 Å². The zero-order valence-electron chi connectivity index (χ0n) is 15.9. The average Bonchev–Trinajstić information content (AvgIpc) is 3.20. The molecule has 0 saturated carbocycles. The minimum absolute atomic E-state index is 0.147. The van der Waals surface area contributed by atoms with Crippen LogP contribution in [0.3, 0.4) is 0 Å². The van der Waals surface area contributed by atoms with E-state index in [1.165, 1.54) is 0 Å². The molecule has 0 bridgehead atoms. The van der Waals surface area contributed by atoms with Crippen molar-refractivity contribution < 1.29 is 22.5 Å². The van der Waals surface area contributed by atoms with Gasteiger partial charge in [-0.2, -0.15) is 4.98 Å². The second kappa shape index (κ2) is 9.42. The SMILES string of the molecule is Cc1ccc(S(=O)(=O)CCC(=O)OCCCc2nc(-c3cccnc3)no2)cc1. The number of carbonyl (C=O) groups is 1. The Bertz CT molecular complexity index is 1050. The molecule has 1 aromatic carbocycles. The Labute approximate surface area is 168 Å². The molecule has 29 heavy (non-hydrogen) atoms. The lowest BCUT2D eigenvalue weighted by molar-refractivity contribution is -0.143. The number of hydrogen-bond donors (Lipinski definition) is 0. The molecule has 0 amide bonds. The average molecular weight is 415 g/mol. The van der Waals surface area contributed by atoms with Crippen LogP contribution in [0.5, 0.6) is 0 Å². The summed E-state index contributed by atoms with van der Waals surface area (Å²) in [5.41, 5.74) is 1.72. The first-order valence-corrected chi connectivity index (χ1v) is 10.8. The normalized spacial score (nSPS) is 11.3. The summed E-state index contributed by atoms with van der Waals surface area (Å²) < 4.78 is 34.8. The van der Waals surface area contributed by atoms with Crippen LogP contribution in [-0.4, -0.2) is 41.9 Å². The monoisotopic (exact) mass is 415 g/mol. The van der Waals surface area contributed by atoms with Crippen molar-refractivity contribution in [2.24, 2.45) is 0 Å². The summed E-state index contributed by atoms with van der Waals surface area (Å²) in [4.78, 5) is 20.3. The molecule has 9 heteroatoms. The quantitative estimate of drug-likeness (QED) is 0.387. The first-order valence-electron chi connectivity index (χ1n) is 9.12. The summed E-state index contributed by atoms with van der Waals surface area (Å²) in [5, 5.41) is 3.89. The van der Waals surface area contributed by atoms with Gasteiger partial charge in [-0.3, -0.25) is 9.78 Å². The molecule has 0 radical (unpaired) electrons. The molecule has 152 valence electrons. The van der Waals surface area contributed by atoms with E-state index in [2.05, 4.69) is 15.1 Å². The first-order chi connectivity index (χ1) is 13.9. The van der Waals surface area contributed by atoms with Crippen LogP contribution in [-0.2, 0) is 25.8 Å². The van der Waals surface area contributed by atoms with E-state index in [-0.39, 0.29) is 23.7 Å². The van der Waals surface area contributed by atoms with Gasteiger partial charge in [0.1, 0.15) is 0 Å². The van der Waals surface area contributed by atoms with Crippen molar-refractivity contribution >= 4 is 15.8 Å². The number of nitrogens with zero attached hydrogens (tertiary/aromatic N) is 3. The lowest BCUT2D eigenvalue weighted by Gasteiger charge is -2.06. The van der Waals surface area contributed by atoms with Crippen molar-refractivity contribution in [1.82, 2.24) is 15.1 Å². The van der Waals surface area contributed by atoms with Crippen molar-refractivity contribution in [3.63, 3.8) is 0 Å². The van der Waals surface area contributed by atoms with Gasteiger partial charge in [-0.05, 0) is 37.6 Å². The highest BCUT2D eigenvalue weighted by molar-refractivity contribution is 7.91. The third-order valence-corrected chi connectivity index (χ3v) is 5.87. The fourth-order valence-corrected chi connectivity index (χ4v) is 3.75. The van der Waals surface area contributed by atoms with E-state index in [1.54, 1.807) is 42.7 Å². The molecule has 0 saturated heterocycles. The number of aromatic nitrogens is 3. The Hall–Kier alpha value is -3.07. The highest BCUT2D eigenvalue weighted by Gasteiger charge is 2.17. The Balaban J connectivity index is 1.39. The lowest BCUT2D eigenvalue weighted by atomic mass is 10.2. The number of pyridine rings is 1. The molecule has 0 spiro atoms. The Morgan fingerprint density at radius 2 is 1.97 bits per heavy atom. The van der Waals surface area contributed by atoms with Crippen LogP contribution in [0.1, 0.15) is 24.3 Å². The van der Waals surface area contributed by atoms with Gasteiger partial charge in [-0.25, -0.2) is 8.42 Å². The molecule has 0 fully saturated rings. The van der Waals surface area contributed by atoms with E-state index in [9.17, 15) is 13.2 Å². The Morgan fingerprint density at radius 3 is 2.69 bits per heavy atom. The van der Waals surface area contributed by atoms with Gasteiger partial charge in [0.25, 0.3) is 0 Å². The first kappa shape index (κ1) is 20.7. The van der Waals surface area contributed by atoms with Crippen LogP contribution in [0.4, 0.5) is 0 Å². The Morgan fingerprint density at radius 1 is 1.17 bits per heavy atom. The largest absolute Gasteiger partial charge is 0.466 e. The van der Waals surface area contributed by atoms with E-state index >= 15 is 0 Å². The van der Waals surface area contributed by atoms with Crippen LogP contribution in [0, 0.1) is 6.92 Å². The van der Waals surface area contributed by atoms with Gasteiger partial charge in [0.05, 0.1) is 23.7 Å². The lowest BCUT2D eigenvalue weighted by Crippen LogP contribution is -2.14.